The lowest BCUT2D eigenvalue weighted by molar-refractivity contribution is -0.384. The molecule has 1 fully saturated rings. The van der Waals surface area contributed by atoms with Gasteiger partial charge in [0.25, 0.3) is 11.6 Å². The molecule has 0 unspecified atom stereocenters. The molecule has 1 aliphatic heterocycles. The lowest BCUT2D eigenvalue weighted by Crippen LogP contribution is -2.38. The van der Waals surface area contributed by atoms with E-state index in [2.05, 4.69) is 5.32 Å². The fourth-order valence-electron chi connectivity index (χ4n) is 4.45. The van der Waals surface area contributed by atoms with Crippen LogP contribution in [0.1, 0.15) is 34.8 Å². The molecule has 3 aromatic rings. The number of carbonyl (C=O) groups is 2. The first kappa shape index (κ1) is 29.1. The van der Waals surface area contributed by atoms with E-state index in [1.54, 1.807) is 4.90 Å². The number of nitro groups is 1. The van der Waals surface area contributed by atoms with Gasteiger partial charge in [0.05, 0.1) is 35.9 Å². The van der Waals surface area contributed by atoms with E-state index < -0.39 is 23.0 Å². The van der Waals surface area contributed by atoms with Crippen LogP contribution in [0.2, 0.25) is 0 Å². The number of aliphatic hydroxyl groups excluding tert-OH is 1. The van der Waals surface area contributed by atoms with Gasteiger partial charge in [0, 0.05) is 24.7 Å². The lowest BCUT2D eigenvalue weighted by Gasteiger charge is -2.25. The number of ether oxygens (including phenoxy) is 3. The number of benzene rings is 3. The highest BCUT2D eigenvalue weighted by molar-refractivity contribution is 6.04. The van der Waals surface area contributed by atoms with Gasteiger partial charge < -0.3 is 24.2 Å². The molecule has 1 aliphatic rings. The maximum atomic E-state index is 13.7. The molecule has 0 bridgehead atoms. The summed E-state index contributed by atoms with van der Waals surface area (Å²) in [6.07, 6.45) is 1.63. The normalized spacial score (nSPS) is 15.4. The van der Waals surface area contributed by atoms with Crippen LogP contribution in [0.4, 0.5) is 16.2 Å². The number of nitrogens with one attached hydrogen (secondary N) is 1. The van der Waals surface area contributed by atoms with Crippen LogP contribution in [0, 0.1) is 10.1 Å². The predicted octanol–water partition coefficient (Wildman–Crippen LogP) is 5.08. The Balaban J connectivity index is 1.60. The number of allylic oxidation sites excluding steroid dienone is 1. The Morgan fingerprint density at radius 3 is 2.41 bits per heavy atom. The number of nitro benzene ring substituents is 1. The van der Waals surface area contributed by atoms with Crippen molar-refractivity contribution in [2.45, 2.75) is 32.6 Å². The number of methoxy groups -OCH3 is 1. The first-order valence-corrected chi connectivity index (χ1v) is 12.9. The minimum Gasteiger partial charge on any atom is -0.493 e. The van der Waals surface area contributed by atoms with E-state index in [0.717, 1.165) is 11.1 Å². The quantitative estimate of drug-likeness (QED) is 0.198. The molecule has 0 spiro atoms. The van der Waals surface area contributed by atoms with Gasteiger partial charge in [0.15, 0.2) is 11.5 Å². The molecule has 1 heterocycles. The molecule has 0 aliphatic carbocycles. The minimum atomic E-state index is -0.842. The number of anilines is 1. The van der Waals surface area contributed by atoms with Crippen molar-refractivity contribution in [1.29, 1.82) is 0 Å². The second-order valence-corrected chi connectivity index (χ2v) is 9.37. The van der Waals surface area contributed by atoms with Gasteiger partial charge in [-0.15, -0.1) is 0 Å². The number of likely N-dealkylation sites (tertiary alicyclic amines) is 1. The topological polar surface area (TPSA) is 140 Å². The van der Waals surface area contributed by atoms with E-state index in [1.807, 2.05) is 43.3 Å². The van der Waals surface area contributed by atoms with Gasteiger partial charge in [-0.05, 0) is 42.7 Å². The van der Waals surface area contributed by atoms with Gasteiger partial charge in [-0.1, -0.05) is 42.0 Å². The van der Waals surface area contributed by atoms with Gasteiger partial charge in [-0.3, -0.25) is 20.2 Å². The smallest absolute Gasteiger partial charge is 0.411 e. The summed E-state index contributed by atoms with van der Waals surface area (Å²) in [5.74, 6) is 0.187. The van der Waals surface area contributed by atoms with Crippen LogP contribution in [-0.4, -0.2) is 53.2 Å². The van der Waals surface area contributed by atoms with Crippen LogP contribution in [0.15, 0.2) is 78.4 Å². The van der Waals surface area contributed by atoms with Crippen LogP contribution < -0.4 is 14.8 Å². The summed E-state index contributed by atoms with van der Waals surface area (Å²) in [6.45, 7) is 2.09. The van der Waals surface area contributed by atoms with E-state index in [1.165, 1.54) is 43.5 Å². The van der Waals surface area contributed by atoms with Gasteiger partial charge in [-0.2, -0.15) is 0 Å². The Morgan fingerprint density at radius 2 is 1.78 bits per heavy atom. The van der Waals surface area contributed by atoms with Crippen molar-refractivity contribution in [3.8, 4) is 11.5 Å². The van der Waals surface area contributed by atoms with E-state index >= 15 is 0 Å². The fourth-order valence-corrected chi connectivity index (χ4v) is 4.45. The fraction of sp³-hybridized carbons (Fsp3) is 0.267. The maximum absolute atomic E-state index is 13.7. The molecule has 11 nitrogen and oxygen atoms in total. The van der Waals surface area contributed by atoms with Crippen LogP contribution in [0.25, 0.3) is 0 Å². The third-order valence-corrected chi connectivity index (χ3v) is 6.72. The first-order valence-electron chi connectivity index (χ1n) is 12.9. The van der Waals surface area contributed by atoms with Crippen molar-refractivity contribution in [2.24, 2.45) is 0 Å². The molecular weight excluding hydrogens is 530 g/mol. The zero-order valence-corrected chi connectivity index (χ0v) is 22.7. The molecule has 214 valence electrons. The van der Waals surface area contributed by atoms with Crippen LogP contribution >= 0.6 is 0 Å². The molecule has 2 N–H and O–H groups in total. The molecule has 2 amide bonds. The number of carbonyl (C=O) groups excluding carboxylic acids is 2. The summed E-state index contributed by atoms with van der Waals surface area (Å²) in [6, 6.07) is 17.7. The monoisotopic (exact) mass is 561 g/mol. The van der Waals surface area contributed by atoms with E-state index in [0.29, 0.717) is 30.0 Å². The molecular formula is C30H31N3O8. The van der Waals surface area contributed by atoms with Crippen LogP contribution in [0.5, 0.6) is 11.5 Å². The minimum absolute atomic E-state index is 0.0770. The highest BCUT2D eigenvalue weighted by atomic mass is 16.6. The molecule has 3 aromatic carbocycles. The Hall–Kier alpha value is -4.90. The maximum Gasteiger partial charge on any atom is 0.411 e. The highest BCUT2D eigenvalue weighted by Crippen LogP contribution is 2.36. The SMILES string of the molecule is C/C=C1/C[C@@H](CO)N(C(=O)c2cc(OC)c(OCc3ccccc3)cc2NC(=O)OCc2ccc([N+](=O)[O-])cc2)C1. The lowest BCUT2D eigenvalue weighted by atomic mass is 10.1. The number of nitrogens with zero attached hydrogens (tertiary/aromatic N) is 2. The number of hydrogen-bond donors (Lipinski definition) is 2. The van der Waals surface area contributed by atoms with E-state index in [4.69, 9.17) is 14.2 Å². The molecule has 0 aromatic heterocycles. The van der Waals surface area contributed by atoms with Gasteiger partial charge in [-0.25, -0.2) is 4.79 Å². The molecule has 4 rings (SSSR count). The predicted molar refractivity (Wildman–Crippen MR) is 151 cm³/mol. The number of aliphatic hydroxyl groups is 1. The Kier molecular flexibility index (Phi) is 9.54. The van der Waals surface area contributed by atoms with Crippen molar-refractivity contribution in [3.05, 3.63) is 105 Å². The summed E-state index contributed by atoms with van der Waals surface area (Å²) in [7, 11) is 1.45. The number of non-ortho nitro benzene ring substituents is 1. The number of amides is 2. The number of hydrogen-bond acceptors (Lipinski definition) is 8. The second-order valence-electron chi connectivity index (χ2n) is 9.37. The third kappa shape index (κ3) is 7.20. The van der Waals surface area contributed by atoms with E-state index in [9.17, 15) is 24.8 Å². The highest BCUT2D eigenvalue weighted by Gasteiger charge is 2.33. The molecule has 0 saturated carbocycles. The van der Waals surface area contributed by atoms with Crippen LogP contribution in [-0.2, 0) is 18.0 Å². The van der Waals surface area contributed by atoms with Crippen molar-refractivity contribution in [2.75, 3.05) is 25.6 Å². The molecule has 0 radical (unpaired) electrons. The standard InChI is InChI=1S/C30H31N3O8/c1-3-20-13-24(17-34)32(16-20)29(35)25-14-27(39-2)28(40-18-21-7-5-4-6-8-21)15-26(25)31-30(36)41-19-22-9-11-23(12-10-22)33(37)38/h3-12,14-15,24,34H,13,16-19H2,1-2H3,(H,31,36)/b20-3-/t24-/m0/s1. The Bertz CT molecular complexity index is 1420. The second kappa shape index (κ2) is 13.4. The Labute approximate surface area is 237 Å². The van der Waals surface area contributed by atoms with Crippen molar-refractivity contribution >= 4 is 23.4 Å². The van der Waals surface area contributed by atoms with Gasteiger partial charge in [0.2, 0.25) is 0 Å². The average molecular weight is 562 g/mol. The van der Waals surface area contributed by atoms with Crippen molar-refractivity contribution < 1.29 is 33.8 Å². The molecule has 11 heteroatoms. The van der Waals surface area contributed by atoms with Gasteiger partial charge >= 0.3 is 6.09 Å². The zero-order valence-electron chi connectivity index (χ0n) is 22.7. The summed E-state index contributed by atoms with van der Waals surface area (Å²) < 4.78 is 16.8. The average Bonchev–Trinajstić information content (AvgIpc) is 3.43. The largest absolute Gasteiger partial charge is 0.493 e. The summed E-state index contributed by atoms with van der Waals surface area (Å²) in [5, 5.41) is 23.4. The first-order chi connectivity index (χ1) is 19.8. The molecule has 41 heavy (non-hydrogen) atoms. The molecule has 1 saturated heterocycles. The van der Waals surface area contributed by atoms with Crippen molar-refractivity contribution in [3.63, 3.8) is 0 Å². The molecule has 1 atom stereocenters. The van der Waals surface area contributed by atoms with Gasteiger partial charge in [0.1, 0.15) is 13.2 Å². The van der Waals surface area contributed by atoms with Crippen molar-refractivity contribution in [1.82, 2.24) is 4.90 Å². The summed E-state index contributed by atoms with van der Waals surface area (Å²) in [5.41, 5.74) is 2.67. The van der Waals surface area contributed by atoms with Crippen LogP contribution in [0.3, 0.4) is 0 Å². The summed E-state index contributed by atoms with van der Waals surface area (Å²) in [4.78, 5) is 38.5. The number of rotatable bonds is 10. The third-order valence-electron chi connectivity index (χ3n) is 6.72. The zero-order chi connectivity index (χ0) is 29.4. The van der Waals surface area contributed by atoms with E-state index in [-0.39, 0.29) is 36.8 Å². The summed E-state index contributed by atoms with van der Waals surface area (Å²) >= 11 is 0. The Morgan fingerprint density at radius 1 is 1.07 bits per heavy atom.